The summed E-state index contributed by atoms with van der Waals surface area (Å²) in [5, 5.41) is 10.3. The van der Waals surface area contributed by atoms with E-state index < -0.39 is 0 Å². The van der Waals surface area contributed by atoms with Crippen molar-refractivity contribution >= 4 is 33.8 Å². The van der Waals surface area contributed by atoms with Gasteiger partial charge in [0, 0.05) is 11.5 Å². The maximum atomic E-state index is 9.65. The zero-order valence-electron chi connectivity index (χ0n) is 15.4. The Hall–Kier alpha value is -2.42. The number of phenolic OH excluding ortho intramolecular Hbond substituents is 1. The van der Waals surface area contributed by atoms with Gasteiger partial charge in [-0.25, -0.2) is 0 Å². The molecule has 0 saturated carbocycles. The zero-order valence-corrected chi connectivity index (χ0v) is 17.0. The molecule has 0 amide bonds. The molecule has 28 heavy (non-hydrogen) atoms. The van der Waals surface area contributed by atoms with Gasteiger partial charge in [-0.2, -0.15) is 0 Å². The summed E-state index contributed by atoms with van der Waals surface area (Å²) < 4.78 is 5.77. The SMILES string of the molecule is Oc1ccc(/C(=C(\Cl)c2ccccc2)c2ccc(OCCCCCl)cc2)cc1. The molecule has 2 nitrogen and oxygen atoms in total. The van der Waals surface area contributed by atoms with Crippen LogP contribution in [0.2, 0.25) is 0 Å². The summed E-state index contributed by atoms with van der Waals surface area (Å²) in [7, 11) is 0. The molecule has 0 heterocycles. The second-order valence-electron chi connectivity index (χ2n) is 6.37. The lowest BCUT2D eigenvalue weighted by Gasteiger charge is -2.14. The van der Waals surface area contributed by atoms with E-state index in [-0.39, 0.29) is 5.75 Å². The maximum Gasteiger partial charge on any atom is 0.119 e. The van der Waals surface area contributed by atoms with Crippen molar-refractivity contribution in [2.45, 2.75) is 12.8 Å². The molecule has 3 aromatic carbocycles. The van der Waals surface area contributed by atoms with Crippen molar-refractivity contribution in [2.75, 3.05) is 12.5 Å². The maximum absolute atomic E-state index is 9.65. The molecule has 0 aromatic heterocycles. The largest absolute Gasteiger partial charge is 0.508 e. The van der Waals surface area contributed by atoms with E-state index in [1.807, 2.05) is 66.7 Å². The first-order valence-corrected chi connectivity index (χ1v) is 10.1. The Labute approximate surface area is 176 Å². The minimum Gasteiger partial charge on any atom is -0.508 e. The fourth-order valence-corrected chi connectivity index (χ4v) is 3.41. The molecule has 0 unspecified atom stereocenters. The lowest BCUT2D eigenvalue weighted by atomic mass is 9.95. The second kappa shape index (κ2) is 10.2. The molecular formula is C24H22Cl2O2. The third-order valence-corrected chi connectivity index (χ3v) is 5.02. The molecule has 3 aromatic rings. The van der Waals surface area contributed by atoms with Crippen molar-refractivity contribution in [1.29, 1.82) is 0 Å². The number of rotatable bonds is 8. The van der Waals surface area contributed by atoms with Gasteiger partial charge in [-0.15, -0.1) is 11.6 Å². The normalized spacial score (nSPS) is 11.8. The van der Waals surface area contributed by atoms with E-state index in [1.54, 1.807) is 12.1 Å². The van der Waals surface area contributed by atoms with Crippen LogP contribution in [0, 0.1) is 0 Å². The van der Waals surface area contributed by atoms with Crippen molar-refractivity contribution < 1.29 is 9.84 Å². The van der Waals surface area contributed by atoms with E-state index in [4.69, 9.17) is 27.9 Å². The third kappa shape index (κ3) is 5.31. The Morgan fingerprint density at radius 1 is 0.750 bits per heavy atom. The Balaban J connectivity index is 1.94. The highest BCUT2D eigenvalue weighted by atomic mass is 35.5. The first kappa shape index (κ1) is 20.3. The van der Waals surface area contributed by atoms with Gasteiger partial charge >= 0.3 is 0 Å². The molecule has 0 aliphatic rings. The van der Waals surface area contributed by atoms with Gasteiger partial charge in [0.05, 0.1) is 11.6 Å². The smallest absolute Gasteiger partial charge is 0.119 e. The lowest BCUT2D eigenvalue weighted by molar-refractivity contribution is 0.309. The standard InChI is InChI=1S/C24H22Cl2O2/c25-16-4-5-17-28-22-14-10-19(11-15-22)23(18-8-12-21(27)13-9-18)24(26)20-6-2-1-3-7-20/h1-3,6-15,27H,4-5,16-17H2/b24-23+. The van der Waals surface area contributed by atoms with Gasteiger partial charge in [-0.1, -0.05) is 66.2 Å². The predicted octanol–water partition coefficient (Wildman–Crippen LogP) is 6.95. The Morgan fingerprint density at radius 3 is 1.96 bits per heavy atom. The van der Waals surface area contributed by atoms with E-state index in [2.05, 4.69) is 0 Å². The molecule has 0 aliphatic heterocycles. The summed E-state index contributed by atoms with van der Waals surface area (Å²) in [5.41, 5.74) is 3.75. The number of unbranched alkanes of at least 4 members (excludes halogenated alkanes) is 1. The lowest BCUT2D eigenvalue weighted by Crippen LogP contribution is -1.98. The van der Waals surface area contributed by atoms with Gasteiger partial charge in [0.2, 0.25) is 0 Å². The zero-order chi connectivity index (χ0) is 19.8. The molecule has 4 heteroatoms. The summed E-state index contributed by atoms with van der Waals surface area (Å²) in [6.07, 6.45) is 1.88. The molecule has 1 N–H and O–H groups in total. The number of halogens is 2. The molecule has 0 spiro atoms. The topological polar surface area (TPSA) is 29.5 Å². The van der Waals surface area contributed by atoms with Crippen LogP contribution in [0.15, 0.2) is 78.9 Å². The van der Waals surface area contributed by atoms with Crippen LogP contribution in [-0.2, 0) is 0 Å². The third-order valence-electron chi connectivity index (χ3n) is 4.34. The van der Waals surface area contributed by atoms with E-state index in [0.29, 0.717) is 17.5 Å². The van der Waals surface area contributed by atoms with Crippen molar-refractivity contribution in [3.63, 3.8) is 0 Å². The number of hydrogen-bond acceptors (Lipinski definition) is 2. The number of alkyl halides is 1. The molecule has 3 rings (SSSR count). The Morgan fingerprint density at radius 2 is 1.36 bits per heavy atom. The van der Waals surface area contributed by atoms with Crippen LogP contribution in [0.4, 0.5) is 0 Å². The summed E-state index contributed by atoms with van der Waals surface area (Å²) in [6, 6.07) is 24.8. The molecule has 0 saturated heterocycles. The summed E-state index contributed by atoms with van der Waals surface area (Å²) in [4.78, 5) is 0. The van der Waals surface area contributed by atoms with Crippen LogP contribution in [-0.4, -0.2) is 17.6 Å². The second-order valence-corrected chi connectivity index (χ2v) is 7.13. The minimum atomic E-state index is 0.222. The number of ether oxygens (including phenoxy) is 1. The molecule has 0 radical (unpaired) electrons. The van der Waals surface area contributed by atoms with E-state index in [9.17, 15) is 5.11 Å². The summed E-state index contributed by atoms with van der Waals surface area (Å²) in [5.74, 6) is 1.69. The molecular weight excluding hydrogens is 391 g/mol. The molecule has 0 aliphatic carbocycles. The highest BCUT2D eigenvalue weighted by Crippen LogP contribution is 2.36. The van der Waals surface area contributed by atoms with E-state index in [1.165, 1.54) is 0 Å². The van der Waals surface area contributed by atoms with Crippen LogP contribution in [0.5, 0.6) is 11.5 Å². The highest BCUT2D eigenvalue weighted by molar-refractivity contribution is 6.53. The fourth-order valence-electron chi connectivity index (χ4n) is 2.88. The average molecular weight is 413 g/mol. The van der Waals surface area contributed by atoms with Crippen LogP contribution in [0.1, 0.15) is 29.5 Å². The quantitative estimate of drug-likeness (QED) is 0.246. The van der Waals surface area contributed by atoms with Crippen LogP contribution in [0.3, 0.4) is 0 Å². The van der Waals surface area contributed by atoms with Crippen LogP contribution in [0.25, 0.3) is 10.6 Å². The van der Waals surface area contributed by atoms with E-state index in [0.717, 1.165) is 40.9 Å². The van der Waals surface area contributed by atoms with Crippen LogP contribution >= 0.6 is 23.2 Å². The average Bonchev–Trinajstić information content (AvgIpc) is 2.74. The van der Waals surface area contributed by atoms with Crippen molar-refractivity contribution in [3.05, 3.63) is 95.6 Å². The molecule has 0 atom stereocenters. The number of aromatic hydroxyl groups is 1. The highest BCUT2D eigenvalue weighted by Gasteiger charge is 2.13. The Kier molecular flexibility index (Phi) is 7.41. The molecule has 0 bridgehead atoms. The number of hydrogen-bond donors (Lipinski definition) is 1. The van der Waals surface area contributed by atoms with Gasteiger partial charge in [-0.3, -0.25) is 0 Å². The van der Waals surface area contributed by atoms with Crippen molar-refractivity contribution in [2.24, 2.45) is 0 Å². The predicted molar refractivity (Wildman–Crippen MR) is 118 cm³/mol. The Bertz CT molecular complexity index is 902. The fraction of sp³-hybridized carbons (Fsp3) is 0.167. The molecule has 144 valence electrons. The van der Waals surface area contributed by atoms with E-state index >= 15 is 0 Å². The monoisotopic (exact) mass is 412 g/mol. The number of phenols is 1. The summed E-state index contributed by atoms with van der Waals surface area (Å²) >= 11 is 12.5. The number of benzene rings is 3. The molecule has 0 fully saturated rings. The first-order valence-electron chi connectivity index (χ1n) is 9.23. The van der Waals surface area contributed by atoms with Gasteiger partial charge in [-0.05, 0) is 53.8 Å². The first-order chi connectivity index (χ1) is 13.7. The van der Waals surface area contributed by atoms with Crippen LogP contribution < -0.4 is 4.74 Å². The van der Waals surface area contributed by atoms with Crippen molar-refractivity contribution in [1.82, 2.24) is 0 Å². The summed E-state index contributed by atoms with van der Waals surface area (Å²) in [6.45, 7) is 0.650. The van der Waals surface area contributed by atoms with Gasteiger partial charge in [0.15, 0.2) is 0 Å². The minimum absolute atomic E-state index is 0.222. The van der Waals surface area contributed by atoms with Gasteiger partial charge in [0.25, 0.3) is 0 Å². The van der Waals surface area contributed by atoms with Gasteiger partial charge < -0.3 is 9.84 Å². The van der Waals surface area contributed by atoms with Crippen molar-refractivity contribution in [3.8, 4) is 11.5 Å². The van der Waals surface area contributed by atoms with Gasteiger partial charge in [0.1, 0.15) is 11.5 Å².